The van der Waals surface area contributed by atoms with Gasteiger partial charge in [-0.25, -0.2) is 17.6 Å². The Labute approximate surface area is 214 Å². The van der Waals surface area contributed by atoms with Gasteiger partial charge in [0.05, 0.1) is 0 Å². The molecule has 0 saturated heterocycles. The van der Waals surface area contributed by atoms with Crippen LogP contribution in [0.4, 0.5) is 17.6 Å². The molecule has 2 fully saturated rings. The van der Waals surface area contributed by atoms with Gasteiger partial charge in [0.15, 0.2) is 23.3 Å². The second kappa shape index (κ2) is 12.6. The molecule has 0 atom stereocenters. The van der Waals surface area contributed by atoms with Crippen molar-refractivity contribution in [1.82, 2.24) is 0 Å². The highest BCUT2D eigenvalue weighted by Gasteiger charge is 2.31. The molecule has 0 nitrogen and oxygen atoms in total. The molecule has 0 N–H and O–H groups in total. The Balaban J connectivity index is 1.39. The molecule has 2 aromatic carbocycles. The summed E-state index contributed by atoms with van der Waals surface area (Å²) in [6.45, 7) is 4.29. The summed E-state index contributed by atoms with van der Waals surface area (Å²) < 4.78 is 60.0. The third-order valence-electron chi connectivity index (χ3n) is 8.97. The van der Waals surface area contributed by atoms with Crippen molar-refractivity contribution in [3.8, 4) is 0 Å². The minimum atomic E-state index is -0.720. The van der Waals surface area contributed by atoms with Crippen LogP contribution in [0.25, 0.3) is 0 Å². The van der Waals surface area contributed by atoms with Gasteiger partial charge in [0, 0.05) is 0 Å². The highest BCUT2D eigenvalue weighted by atomic mass is 19.2. The number of aryl methyl sites for hydroxylation is 1. The third kappa shape index (κ3) is 6.00. The van der Waals surface area contributed by atoms with E-state index in [4.69, 9.17) is 0 Å². The molecule has 0 amide bonds. The van der Waals surface area contributed by atoms with Gasteiger partial charge >= 0.3 is 0 Å². The first-order chi connectivity index (χ1) is 17.4. The third-order valence-corrected chi connectivity index (χ3v) is 8.97. The summed E-state index contributed by atoms with van der Waals surface area (Å²) in [4.78, 5) is 0. The van der Waals surface area contributed by atoms with E-state index < -0.39 is 23.3 Å². The Hall–Kier alpha value is -1.84. The largest absolute Gasteiger partial charge is 0.203 e. The van der Waals surface area contributed by atoms with Crippen LogP contribution in [0.2, 0.25) is 0 Å². The molecule has 0 aromatic heterocycles. The molecule has 2 aliphatic rings. The highest BCUT2D eigenvalue weighted by molar-refractivity contribution is 5.33. The lowest BCUT2D eigenvalue weighted by molar-refractivity contribution is 0.302. The van der Waals surface area contributed by atoms with Gasteiger partial charge in [0.1, 0.15) is 0 Å². The van der Waals surface area contributed by atoms with Crippen LogP contribution in [0.5, 0.6) is 0 Å². The summed E-state index contributed by atoms with van der Waals surface area (Å²) >= 11 is 0. The van der Waals surface area contributed by atoms with Crippen LogP contribution >= 0.6 is 0 Å². The van der Waals surface area contributed by atoms with Crippen molar-refractivity contribution >= 4 is 0 Å². The van der Waals surface area contributed by atoms with E-state index in [0.29, 0.717) is 54.4 Å². The molecule has 0 heterocycles. The molecule has 4 heteroatoms. The van der Waals surface area contributed by atoms with Crippen molar-refractivity contribution in [3.05, 3.63) is 69.8 Å². The zero-order valence-corrected chi connectivity index (χ0v) is 22.0. The molecule has 2 aromatic rings. The minimum Gasteiger partial charge on any atom is -0.203 e. The lowest BCUT2D eigenvalue weighted by atomic mass is 9.74. The number of hydrogen-bond acceptors (Lipinski definition) is 0. The SMILES string of the molecule is CCCCCc1ccc(C2CCC(c3ccc(C4CCC(CCC)CC4)c(F)c3F)CC2)c(F)c1F. The second-order valence-electron chi connectivity index (χ2n) is 11.3. The maximum absolute atomic E-state index is 15.2. The number of unbranched alkanes of at least 4 members (excludes halogenated alkanes) is 2. The molecule has 2 saturated carbocycles. The van der Waals surface area contributed by atoms with Crippen molar-refractivity contribution in [2.75, 3.05) is 0 Å². The van der Waals surface area contributed by atoms with E-state index in [9.17, 15) is 8.78 Å². The molecule has 36 heavy (non-hydrogen) atoms. The fourth-order valence-electron chi connectivity index (χ4n) is 6.77. The maximum atomic E-state index is 15.2. The fourth-order valence-corrected chi connectivity index (χ4v) is 6.77. The summed E-state index contributed by atoms with van der Waals surface area (Å²) in [5, 5.41) is 0. The van der Waals surface area contributed by atoms with E-state index in [1.807, 2.05) is 6.07 Å². The van der Waals surface area contributed by atoms with Gasteiger partial charge in [-0.2, -0.15) is 0 Å². The molecule has 0 unspecified atom stereocenters. The van der Waals surface area contributed by atoms with Gasteiger partial charge in [-0.15, -0.1) is 0 Å². The Morgan fingerprint density at radius 2 is 1.00 bits per heavy atom. The average molecular weight is 503 g/mol. The van der Waals surface area contributed by atoms with Crippen LogP contribution < -0.4 is 0 Å². The summed E-state index contributed by atoms with van der Waals surface area (Å²) in [6, 6.07) is 7.09. The predicted molar refractivity (Wildman–Crippen MR) is 140 cm³/mol. The smallest absolute Gasteiger partial charge is 0.162 e. The van der Waals surface area contributed by atoms with Crippen LogP contribution in [-0.4, -0.2) is 0 Å². The molecule has 0 aliphatic heterocycles. The lowest BCUT2D eigenvalue weighted by Crippen LogP contribution is -2.17. The van der Waals surface area contributed by atoms with Gasteiger partial charge in [0.2, 0.25) is 0 Å². The highest BCUT2D eigenvalue weighted by Crippen LogP contribution is 2.44. The Bertz CT molecular complexity index is 998. The molecule has 0 radical (unpaired) electrons. The zero-order chi connectivity index (χ0) is 25.7. The van der Waals surface area contributed by atoms with Gasteiger partial charge in [-0.1, -0.05) is 63.8 Å². The van der Waals surface area contributed by atoms with E-state index in [2.05, 4.69) is 13.8 Å². The zero-order valence-electron chi connectivity index (χ0n) is 22.0. The molecule has 0 spiro atoms. The molecular weight excluding hydrogens is 460 g/mol. The van der Waals surface area contributed by atoms with Gasteiger partial charge in [0.25, 0.3) is 0 Å². The number of hydrogen-bond donors (Lipinski definition) is 0. The average Bonchev–Trinajstić information content (AvgIpc) is 2.89. The van der Waals surface area contributed by atoms with Crippen molar-refractivity contribution in [2.24, 2.45) is 5.92 Å². The van der Waals surface area contributed by atoms with E-state index in [1.54, 1.807) is 18.2 Å². The molecule has 2 aliphatic carbocycles. The van der Waals surface area contributed by atoms with E-state index in [1.165, 1.54) is 12.8 Å². The minimum absolute atomic E-state index is 0.0775. The second-order valence-corrected chi connectivity index (χ2v) is 11.3. The van der Waals surface area contributed by atoms with Crippen molar-refractivity contribution in [3.63, 3.8) is 0 Å². The quantitative estimate of drug-likeness (QED) is 0.236. The standard InChI is InChI=1S/C32H42F4/c1-3-5-6-8-25-17-18-26(30(34)29(25)33)23-13-15-24(16-14-23)28-20-19-27(31(35)32(28)36)22-11-9-21(7-4-2)10-12-22/h17-24H,3-16H2,1-2H3. The van der Waals surface area contributed by atoms with Gasteiger partial charge in [-0.3, -0.25) is 0 Å². The molecular formula is C32H42F4. The first-order valence-corrected chi connectivity index (χ1v) is 14.4. The van der Waals surface area contributed by atoms with Gasteiger partial charge in [-0.05, 0) is 110 Å². The van der Waals surface area contributed by atoms with Crippen LogP contribution in [0.15, 0.2) is 24.3 Å². The van der Waals surface area contributed by atoms with E-state index in [0.717, 1.165) is 50.9 Å². The van der Waals surface area contributed by atoms with Crippen LogP contribution in [-0.2, 0) is 6.42 Å². The monoisotopic (exact) mass is 502 g/mol. The normalized spacial score (nSPS) is 24.7. The summed E-state index contributed by atoms with van der Waals surface area (Å²) in [5.74, 6) is -2.11. The fraction of sp³-hybridized carbons (Fsp3) is 0.625. The molecule has 0 bridgehead atoms. The summed E-state index contributed by atoms with van der Waals surface area (Å²) in [7, 11) is 0. The summed E-state index contributed by atoms with van der Waals surface area (Å²) in [5.41, 5.74) is 1.88. The van der Waals surface area contributed by atoms with Crippen molar-refractivity contribution in [2.45, 2.75) is 121 Å². The number of rotatable bonds is 9. The lowest BCUT2D eigenvalue weighted by Gasteiger charge is -2.31. The number of halogens is 4. The first kappa shape index (κ1) is 27.2. The van der Waals surface area contributed by atoms with Crippen LogP contribution in [0.3, 0.4) is 0 Å². The molecule has 198 valence electrons. The van der Waals surface area contributed by atoms with Crippen LogP contribution in [0, 0.1) is 29.2 Å². The van der Waals surface area contributed by atoms with Gasteiger partial charge < -0.3 is 0 Å². The van der Waals surface area contributed by atoms with Crippen molar-refractivity contribution in [1.29, 1.82) is 0 Å². The van der Waals surface area contributed by atoms with Crippen LogP contribution in [0.1, 0.15) is 137 Å². The van der Waals surface area contributed by atoms with E-state index in [-0.39, 0.29) is 17.8 Å². The number of benzene rings is 2. The Kier molecular flexibility index (Phi) is 9.52. The predicted octanol–water partition coefficient (Wildman–Crippen LogP) is 10.5. The maximum Gasteiger partial charge on any atom is 0.162 e. The van der Waals surface area contributed by atoms with E-state index >= 15 is 8.78 Å². The molecule has 4 rings (SSSR count). The van der Waals surface area contributed by atoms with Crippen molar-refractivity contribution < 1.29 is 17.6 Å². The Morgan fingerprint density at radius 1 is 0.556 bits per heavy atom. The Morgan fingerprint density at radius 3 is 1.47 bits per heavy atom. The topological polar surface area (TPSA) is 0 Å². The first-order valence-electron chi connectivity index (χ1n) is 14.4. The summed E-state index contributed by atoms with van der Waals surface area (Å²) in [6.07, 6.45) is 12.6.